The molecule has 0 atom stereocenters. The van der Waals surface area contributed by atoms with Crippen molar-refractivity contribution in [3.8, 4) is 5.75 Å². The Balaban J connectivity index is 1.56. The Labute approximate surface area is 162 Å². The standard InChI is InChI=1S/C20H24BrNO2S/c1-2-3-16-6-10-19(11-7-16)24-13-12-22-20(23)15-25-14-17-4-8-18(21)9-5-17/h4-11H,2-3,12-15H2,1H3,(H,22,23). The first-order valence-electron chi connectivity index (χ1n) is 8.48. The van der Waals surface area contributed by atoms with Crippen molar-refractivity contribution in [2.24, 2.45) is 0 Å². The van der Waals surface area contributed by atoms with E-state index < -0.39 is 0 Å². The maximum absolute atomic E-state index is 11.8. The summed E-state index contributed by atoms with van der Waals surface area (Å²) < 4.78 is 6.72. The van der Waals surface area contributed by atoms with E-state index in [4.69, 9.17) is 4.74 Å². The van der Waals surface area contributed by atoms with Crippen LogP contribution in [0.4, 0.5) is 0 Å². The molecule has 25 heavy (non-hydrogen) atoms. The van der Waals surface area contributed by atoms with Crippen molar-refractivity contribution >= 4 is 33.6 Å². The molecule has 0 heterocycles. The number of amides is 1. The second-order valence-corrected chi connectivity index (χ2v) is 7.61. The number of nitrogens with one attached hydrogen (secondary N) is 1. The third-order valence-electron chi connectivity index (χ3n) is 3.57. The van der Waals surface area contributed by atoms with Gasteiger partial charge in [-0.25, -0.2) is 0 Å². The van der Waals surface area contributed by atoms with Gasteiger partial charge in [-0.05, 0) is 41.8 Å². The number of hydrogen-bond donors (Lipinski definition) is 1. The van der Waals surface area contributed by atoms with Gasteiger partial charge in [0.2, 0.25) is 5.91 Å². The second-order valence-electron chi connectivity index (χ2n) is 5.71. The monoisotopic (exact) mass is 421 g/mol. The molecule has 5 heteroatoms. The van der Waals surface area contributed by atoms with Crippen LogP contribution in [0.1, 0.15) is 24.5 Å². The summed E-state index contributed by atoms with van der Waals surface area (Å²) in [6.45, 7) is 3.18. The van der Waals surface area contributed by atoms with Crippen molar-refractivity contribution in [3.05, 3.63) is 64.1 Å². The number of carbonyl (C=O) groups is 1. The van der Waals surface area contributed by atoms with Crippen LogP contribution in [0.15, 0.2) is 53.0 Å². The molecule has 134 valence electrons. The van der Waals surface area contributed by atoms with Crippen LogP contribution in [-0.4, -0.2) is 24.8 Å². The zero-order chi connectivity index (χ0) is 17.9. The fraction of sp³-hybridized carbons (Fsp3) is 0.350. The number of carbonyl (C=O) groups excluding carboxylic acids is 1. The number of hydrogen-bond acceptors (Lipinski definition) is 3. The Bertz CT molecular complexity index is 644. The first kappa shape index (κ1) is 19.9. The Morgan fingerprint density at radius 2 is 1.76 bits per heavy atom. The van der Waals surface area contributed by atoms with E-state index in [-0.39, 0.29) is 5.91 Å². The van der Waals surface area contributed by atoms with Gasteiger partial charge in [0.15, 0.2) is 0 Å². The van der Waals surface area contributed by atoms with E-state index >= 15 is 0 Å². The van der Waals surface area contributed by atoms with Crippen LogP contribution in [0.25, 0.3) is 0 Å². The second kappa shape index (κ2) is 11.2. The minimum absolute atomic E-state index is 0.0454. The normalized spacial score (nSPS) is 10.5. The maximum atomic E-state index is 11.8. The maximum Gasteiger partial charge on any atom is 0.230 e. The zero-order valence-corrected chi connectivity index (χ0v) is 16.9. The third kappa shape index (κ3) is 7.97. The summed E-state index contributed by atoms with van der Waals surface area (Å²) in [5, 5.41) is 2.89. The molecule has 0 aliphatic carbocycles. The van der Waals surface area contributed by atoms with E-state index in [0.29, 0.717) is 18.9 Å². The topological polar surface area (TPSA) is 38.3 Å². The van der Waals surface area contributed by atoms with Gasteiger partial charge in [0.1, 0.15) is 12.4 Å². The lowest BCUT2D eigenvalue weighted by atomic mass is 10.1. The molecule has 0 saturated heterocycles. The summed E-state index contributed by atoms with van der Waals surface area (Å²) in [6.07, 6.45) is 2.24. The van der Waals surface area contributed by atoms with Crippen LogP contribution in [0, 0.1) is 0 Å². The SMILES string of the molecule is CCCc1ccc(OCCNC(=O)CSCc2ccc(Br)cc2)cc1. The number of halogens is 1. The quantitative estimate of drug-likeness (QED) is 0.558. The predicted octanol–water partition coefficient (Wildman–Crippen LogP) is 4.83. The van der Waals surface area contributed by atoms with E-state index in [2.05, 4.69) is 52.4 Å². The van der Waals surface area contributed by atoms with Crippen LogP contribution in [0.5, 0.6) is 5.75 Å². The van der Waals surface area contributed by atoms with Crippen molar-refractivity contribution in [2.75, 3.05) is 18.9 Å². The molecule has 0 unspecified atom stereocenters. The Morgan fingerprint density at radius 1 is 1.08 bits per heavy atom. The minimum Gasteiger partial charge on any atom is -0.492 e. The van der Waals surface area contributed by atoms with Crippen molar-refractivity contribution in [2.45, 2.75) is 25.5 Å². The van der Waals surface area contributed by atoms with E-state index in [1.54, 1.807) is 11.8 Å². The average molecular weight is 422 g/mol. The molecule has 0 saturated carbocycles. The summed E-state index contributed by atoms with van der Waals surface area (Å²) in [5.41, 5.74) is 2.54. The first-order valence-corrected chi connectivity index (χ1v) is 10.4. The van der Waals surface area contributed by atoms with Crippen molar-refractivity contribution in [1.82, 2.24) is 5.32 Å². The fourth-order valence-corrected chi connectivity index (χ4v) is 3.38. The molecule has 2 aromatic rings. The number of ether oxygens (including phenoxy) is 1. The summed E-state index contributed by atoms with van der Waals surface area (Å²) in [4.78, 5) is 11.8. The molecule has 0 aromatic heterocycles. The molecule has 3 nitrogen and oxygen atoms in total. The Kier molecular flexibility index (Phi) is 8.91. The summed E-state index contributed by atoms with van der Waals surface area (Å²) >= 11 is 5.03. The number of thioether (sulfide) groups is 1. The van der Waals surface area contributed by atoms with Crippen LogP contribution in [0.2, 0.25) is 0 Å². The lowest BCUT2D eigenvalue weighted by Gasteiger charge is -2.08. The van der Waals surface area contributed by atoms with E-state index in [9.17, 15) is 4.79 Å². The van der Waals surface area contributed by atoms with Gasteiger partial charge >= 0.3 is 0 Å². The number of benzene rings is 2. The van der Waals surface area contributed by atoms with Crippen molar-refractivity contribution in [1.29, 1.82) is 0 Å². The van der Waals surface area contributed by atoms with E-state index in [1.807, 2.05) is 24.3 Å². The highest BCUT2D eigenvalue weighted by molar-refractivity contribution is 9.10. The van der Waals surface area contributed by atoms with E-state index in [1.165, 1.54) is 11.1 Å². The lowest BCUT2D eigenvalue weighted by molar-refractivity contribution is -0.118. The first-order chi connectivity index (χ1) is 12.2. The van der Waals surface area contributed by atoms with Gasteiger partial charge in [-0.1, -0.05) is 53.5 Å². The summed E-state index contributed by atoms with van der Waals surface area (Å²) in [7, 11) is 0. The van der Waals surface area contributed by atoms with Gasteiger partial charge < -0.3 is 10.1 Å². The largest absolute Gasteiger partial charge is 0.492 e. The Morgan fingerprint density at radius 3 is 2.44 bits per heavy atom. The smallest absolute Gasteiger partial charge is 0.230 e. The van der Waals surface area contributed by atoms with Crippen molar-refractivity contribution < 1.29 is 9.53 Å². The highest BCUT2D eigenvalue weighted by Gasteiger charge is 2.02. The molecule has 2 rings (SSSR count). The fourth-order valence-electron chi connectivity index (χ4n) is 2.29. The lowest BCUT2D eigenvalue weighted by Crippen LogP contribution is -2.29. The molecule has 0 aliphatic heterocycles. The summed E-state index contributed by atoms with van der Waals surface area (Å²) in [5.74, 6) is 2.19. The predicted molar refractivity (Wildman–Crippen MR) is 109 cm³/mol. The van der Waals surface area contributed by atoms with Crippen LogP contribution in [0.3, 0.4) is 0 Å². The van der Waals surface area contributed by atoms with Gasteiger partial charge in [0.25, 0.3) is 0 Å². The highest BCUT2D eigenvalue weighted by Crippen LogP contribution is 2.16. The van der Waals surface area contributed by atoms with Gasteiger partial charge in [-0.3, -0.25) is 4.79 Å². The van der Waals surface area contributed by atoms with E-state index in [0.717, 1.165) is 28.8 Å². The molecular weight excluding hydrogens is 398 g/mol. The number of aryl methyl sites for hydroxylation is 1. The van der Waals surface area contributed by atoms with Gasteiger partial charge in [0.05, 0.1) is 12.3 Å². The molecule has 0 aliphatic rings. The molecule has 0 spiro atoms. The third-order valence-corrected chi connectivity index (χ3v) is 5.10. The Hall–Kier alpha value is -1.46. The average Bonchev–Trinajstić information content (AvgIpc) is 2.62. The molecular formula is C20H24BrNO2S. The van der Waals surface area contributed by atoms with Crippen LogP contribution in [-0.2, 0) is 17.0 Å². The highest BCUT2D eigenvalue weighted by atomic mass is 79.9. The zero-order valence-electron chi connectivity index (χ0n) is 14.5. The number of rotatable bonds is 10. The van der Waals surface area contributed by atoms with Gasteiger partial charge in [0, 0.05) is 10.2 Å². The minimum atomic E-state index is 0.0454. The molecule has 2 aromatic carbocycles. The van der Waals surface area contributed by atoms with Crippen LogP contribution >= 0.6 is 27.7 Å². The molecule has 0 fully saturated rings. The summed E-state index contributed by atoms with van der Waals surface area (Å²) in [6, 6.07) is 16.3. The molecule has 1 amide bonds. The molecule has 0 radical (unpaired) electrons. The van der Waals surface area contributed by atoms with Crippen LogP contribution < -0.4 is 10.1 Å². The van der Waals surface area contributed by atoms with Gasteiger partial charge in [-0.15, -0.1) is 11.8 Å². The van der Waals surface area contributed by atoms with Crippen molar-refractivity contribution in [3.63, 3.8) is 0 Å². The molecule has 1 N–H and O–H groups in total. The molecule has 0 bridgehead atoms. The van der Waals surface area contributed by atoms with Gasteiger partial charge in [-0.2, -0.15) is 0 Å².